The van der Waals surface area contributed by atoms with Gasteiger partial charge in [-0.2, -0.15) is 0 Å². The van der Waals surface area contributed by atoms with E-state index < -0.39 is 47.7 Å². The molecule has 9 amide bonds. The molecular weight excluding hydrogens is 1300 g/mol. The first-order valence-electron chi connectivity index (χ1n) is 33.8. The second-order valence-corrected chi connectivity index (χ2v) is 25.3. The van der Waals surface area contributed by atoms with Crippen LogP contribution in [-0.4, -0.2) is 210 Å². The van der Waals surface area contributed by atoms with Gasteiger partial charge in [-0.05, 0) is 78.9 Å². The van der Waals surface area contributed by atoms with E-state index in [1.165, 1.54) is 12.2 Å². The third-order valence-corrected chi connectivity index (χ3v) is 17.8. The number of urea groups is 1. The summed E-state index contributed by atoms with van der Waals surface area (Å²) in [6.45, 7) is 9.59. The number of imide groups is 1. The number of likely N-dealkylation sites (N-methyl/N-ethyl adjacent to an activating group) is 1. The number of nitrogens with two attached hydrogens (primary N) is 1. The van der Waals surface area contributed by atoms with Crippen molar-refractivity contribution in [3.63, 3.8) is 0 Å². The second kappa shape index (κ2) is 38.4. The number of amides is 9. The largest absolute Gasteiger partial charge is 0.451 e. The Balaban J connectivity index is 0.722. The summed E-state index contributed by atoms with van der Waals surface area (Å²) in [4.78, 5) is 148. The number of benzene rings is 4. The van der Waals surface area contributed by atoms with E-state index in [1.54, 1.807) is 64.4 Å². The molecule has 4 heterocycles. The number of piperazine rings is 1. The number of carbonyl (C=O) groups is 11. The molecule has 3 atom stereocenters. The Kier molecular flexibility index (Phi) is 29.5. The molecule has 26 nitrogen and oxygen atoms in total. The molecule has 5 aromatic rings. The number of primary amides is 1. The fourth-order valence-electron chi connectivity index (χ4n) is 11.9. The molecule has 3 aliphatic rings. The zero-order chi connectivity index (χ0) is 70.8. The third kappa shape index (κ3) is 22.8. The van der Waals surface area contributed by atoms with E-state index in [0.717, 1.165) is 34.3 Å². The highest BCUT2D eigenvalue weighted by molar-refractivity contribution is 6.19. The average Bonchev–Trinajstić information content (AvgIpc) is 1.63. The Morgan fingerprint density at radius 3 is 1.96 bits per heavy atom. The number of halogens is 1. The monoisotopic (exact) mass is 1390 g/mol. The molecule has 6 N–H and O–H groups in total. The maximum atomic E-state index is 14.5. The molecule has 0 spiro atoms. The number of Topliss-reactive ketones (excluding diaryl/α,β-unsaturated/α-hetero) is 3. The molecule has 0 unspecified atom stereocenters. The SMILES string of the molecule is CC(C)[C@H](CCC(=O)NCCNC(=O)CCOCCOCCOCCOCCCC(=O)CCN1C(=O)C=CC1=O)C(=O)N[C@@H](CCCNC(N)=O)C(=O)Cc1ccc(C(=O)Cc2ccc3oc(C(=O)N4C[C@@H](CCl)c5c4cc(OC(=O)N4CCN(C)CC4)c4ccccc54)cc3c2)cc1. The standard InChI is InChI=1S/C72H90ClN9O17/c1-47(2)54(17-19-64(86)75-25-26-76-65(87)23-33-95-35-37-97-39-38-96-36-34-94-32-7-8-53(83)22-27-81-66(88)20-21-67(81)89)69(90)78-57(11-6-24-77-71(74)92)60(85)41-48-12-15-50(16-13-48)59(84)42-49-14-18-61-51(40-49)43-63(98-61)70(91)82-46-52(45-73)68-56-10-5-4-9-55(56)62(44-58(68)82)99-72(93)80-30-28-79(3)29-31-80/h4-5,9-10,12-16,18,20-21,40,43-44,47,52,54,57H,6-8,11,17,19,22-39,41-42,45-46H2,1-3H3,(H,75,86)(H,76,87)(H,78,90)(H3,74,77,92)/t52-,54+,57+/m1/s1. The van der Waals surface area contributed by atoms with E-state index in [0.29, 0.717) is 111 Å². The van der Waals surface area contributed by atoms with Gasteiger partial charge >= 0.3 is 12.1 Å². The summed E-state index contributed by atoms with van der Waals surface area (Å²) >= 11 is 6.57. The van der Waals surface area contributed by atoms with E-state index in [9.17, 15) is 52.7 Å². The molecule has 4 aromatic carbocycles. The zero-order valence-corrected chi connectivity index (χ0v) is 57.2. The molecule has 0 bridgehead atoms. The van der Waals surface area contributed by atoms with E-state index in [-0.39, 0.29) is 144 Å². The Morgan fingerprint density at radius 2 is 1.30 bits per heavy atom. The van der Waals surface area contributed by atoms with Crippen molar-refractivity contribution in [3.8, 4) is 5.75 Å². The molecule has 0 radical (unpaired) electrons. The second-order valence-electron chi connectivity index (χ2n) is 25.0. The molecule has 0 aliphatic carbocycles. The third-order valence-electron chi connectivity index (χ3n) is 17.4. The van der Waals surface area contributed by atoms with Gasteiger partial charge in [-0.1, -0.05) is 68.4 Å². The first-order chi connectivity index (χ1) is 47.8. The van der Waals surface area contributed by atoms with E-state index in [2.05, 4.69) is 26.2 Å². The van der Waals surface area contributed by atoms with Crippen molar-refractivity contribution in [1.29, 1.82) is 0 Å². The molecule has 0 saturated carbocycles. The van der Waals surface area contributed by atoms with E-state index in [4.69, 9.17) is 45.4 Å². The predicted molar refractivity (Wildman–Crippen MR) is 369 cm³/mol. The fraction of sp³-hybridized carbons (Fsp3) is 0.486. The van der Waals surface area contributed by atoms with Gasteiger partial charge in [0, 0.05) is 156 Å². The van der Waals surface area contributed by atoms with Crippen molar-refractivity contribution in [2.24, 2.45) is 17.6 Å². The average molecular weight is 1390 g/mol. The van der Waals surface area contributed by atoms with Crippen LogP contribution in [0.25, 0.3) is 21.7 Å². The molecule has 1 fully saturated rings. The van der Waals surface area contributed by atoms with Gasteiger partial charge in [-0.3, -0.25) is 48.1 Å². The summed E-state index contributed by atoms with van der Waals surface area (Å²) < 4.78 is 34.1. The summed E-state index contributed by atoms with van der Waals surface area (Å²) in [6, 6.07) is 21.3. The number of rotatable bonds is 41. The van der Waals surface area contributed by atoms with Crippen molar-refractivity contribution in [2.75, 3.05) is 130 Å². The van der Waals surface area contributed by atoms with Crippen LogP contribution >= 0.6 is 11.6 Å². The quantitative estimate of drug-likeness (QED) is 0.0126. The number of hydrogen-bond acceptors (Lipinski definition) is 18. The summed E-state index contributed by atoms with van der Waals surface area (Å²) in [7, 11) is 2.01. The number of hydrogen-bond donors (Lipinski definition) is 5. The molecule has 99 heavy (non-hydrogen) atoms. The number of nitrogens with one attached hydrogen (secondary N) is 4. The maximum Gasteiger partial charge on any atom is 0.415 e. The van der Waals surface area contributed by atoms with Crippen LogP contribution in [0.1, 0.15) is 109 Å². The zero-order valence-electron chi connectivity index (χ0n) is 56.5. The minimum absolute atomic E-state index is 0.0127. The van der Waals surface area contributed by atoms with Crippen molar-refractivity contribution in [2.45, 2.75) is 90.0 Å². The van der Waals surface area contributed by atoms with Crippen molar-refractivity contribution in [3.05, 3.63) is 119 Å². The van der Waals surface area contributed by atoms with Gasteiger partial charge in [0.05, 0.1) is 58.0 Å². The highest BCUT2D eigenvalue weighted by Gasteiger charge is 2.37. The van der Waals surface area contributed by atoms with Crippen LogP contribution < -0.4 is 36.6 Å². The first-order valence-corrected chi connectivity index (χ1v) is 34.3. The Labute approximate surface area is 580 Å². The van der Waals surface area contributed by atoms with Gasteiger partial charge in [0.2, 0.25) is 17.7 Å². The number of carbonyl (C=O) groups excluding carboxylic acids is 11. The van der Waals surface area contributed by atoms with Crippen LogP contribution in [0.5, 0.6) is 5.75 Å². The number of anilines is 1. The summed E-state index contributed by atoms with van der Waals surface area (Å²) in [6.07, 6.45) is 3.62. The number of nitrogens with zero attached hydrogens (tertiary/aromatic N) is 4. The normalized spacial score (nSPS) is 15.2. The number of furan rings is 1. The van der Waals surface area contributed by atoms with Gasteiger partial charge in [0.15, 0.2) is 17.3 Å². The van der Waals surface area contributed by atoms with Crippen LogP contribution in [0.2, 0.25) is 0 Å². The van der Waals surface area contributed by atoms with Gasteiger partial charge in [-0.15, -0.1) is 11.6 Å². The molecular formula is C72H90ClN9O17. The van der Waals surface area contributed by atoms with Crippen LogP contribution in [0.4, 0.5) is 15.3 Å². The lowest BCUT2D eigenvalue weighted by Gasteiger charge is -2.31. The van der Waals surface area contributed by atoms with Gasteiger partial charge in [0.25, 0.3) is 17.7 Å². The predicted octanol–water partition coefficient (Wildman–Crippen LogP) is 6.19. The molecule has 8 rings (SSSR count). The lowest BCUT2D eigenvalue weighted by Crippen LogP contribution is -2.48. The lowest BCUT2D eigenvalue weighted by atomic mass is 9.89. The fourth-order valence-corrected chi connectivity index (χ4v) is 12.1. The highest BCUT2D eigenvalue weighted by atomic mass is 35.5. The van der Waals surface area contributed by atoms with Crippen LogP contribution in [0, 0.1) is 11.8 Å². The topological polar surface area (TPSA) is 334 Å². The minimum Gasteiger partial charge on any atom is -0.451 e. The van der Waals surface area contributed by atoms with E-state index >= 15 is 0 Å². The molecule has 1 saturated heterocycles. The molecule has 27 heteroatoms. The number of ether oxygens (including phenoxy) is 5. The number of alkyl halides is 1. The highest BCUT2D eigenvalue weighted by Crippen LogP contribution is 2.46. The van der Waals surface area contributed by atoms with E-state index in [1.807, 2.05) is 45.2 Å². The van der Waals surface area contributed by atoms with Crippen LogP contribution in [0.15, 0.2) is 95.4 Å². The minimum atomic E-state index is -0.945. The Morgan fingerprint density at radius 1 is 0.667 bits per heavy atom. The van der Waals surface area contributed by atoms with Crippen LogP contribution in [0.3, 0.4) is 0 Å². The summed E-state index contributed by atoms with van der Waals surface area (Å²) in [5.41, 5.74) is 8.88. The van der Waals surface area contributed by atoms with Crippen molar-refractivity contribution < 1.29 is 80.8 Å². The van der Waals surface area contributed by atoms with Gasteiger partial charge in [0.1, 0.15) is 17.1 Å². The van der Waals surface area contributed by atoms with Crippen LogP contribution in [-0.2, 0) is 65.4 Å². The lowest BCUT2D eigenvalue weighted by molar-refractivity contribution is -0.137. The molecule has 532 valence electrons. The van der Waals surface area contributed by atoms with Gasteiger partial charge < -0.3 is 69.8 Å². The number of ketones is 3. The number of fused-ring (bicyclic) bond motifs is 4. The Bertz CT molecular complexity index is 3680. The maximum absolute atomic E-state index is 14.5. The van der Waals surface area contributed by atoms with Crippen molar-refractivity contribution in [1.82, 2.24) is 36.0 Å². The Hall–Kier alpha value is -8.92. The molecule has 3 aliphatic heterocycles. The van der Waals surface area contributed by atoms with Crippen molar-refractivity contribution >= 4 is 104 Å². The first kappa shape index (κ1) is 75.8. The summed E-state index contributed by atoms with van der Waals surface area (Å²) in [5.74, 6) is -3.10. The smallest absolute Gasteiger partial charge is 0.415 e. The summed E-state index contributed by atoms with van der Waals surface area (Å²) in [5, 5.41) is 13.1. The van der Waals surface area contributed by atoms with Gasteiger partial charge in [-0.25, -0.2) is 9.59 Å². The molecule has 1 aromatic heterocycles.